The number of benzene rings is 3. The van der Waals surface area contributed by atoms with Gasteiger partial charge in [-0.2, -0.15) is 0 Å². The maximum atomic E-state index is 12.1. The van der Waals surface area contributed by atoms with Crippen LogP contribution in [0.25, 0.3) is 39.6 Å². The average Bonchev–Trinajstić information content (AvgIpc) is 1.55. The van der Waals surface area contributed by atoms with Crippen molar-refractivity contribution in [2.24, 2.45) is 0 Å². The number of hydrogen-bond acceptors (Lipinski definition) is 33. The summed E-state index contributed by atoms with van der Waals surface area (Å²) in [7, 11) is -14.0. The summed E-state index contributed by atoms with van der Waals surface area (Å²) >= 11 is 0. The van der Waals surface area contributed by atoms with E-state index in [2.05, 4.69) is 76.8 Å². The molecule has 6 amide bonds. The Morgan fingerprint density at radius 3 is 1.19 bits per heavy atom. The van der Waals surface area contributed by atoms with Gasteiger partial charge in [-0.15, -0.1) is 0 Å². The molecule has 6 fully saturated rings. The Hall–Kier alpha value is -10.6. The molecule has 45 nitrogen and oxygen atoms in total. The van der Waals surface area contributed by atoms with E-state index in [0.717, 1.165) is 16.7 Å². The molecule has 9 N–H and O–H groups in total. The van der Waals surface area contributed by atoms with Gasteiger partial charge in [-0.3, -0.25) is 44.0 Å². The van der Waals surface area contributed by atoms with Crippen LogP contribution in [0.1, 0.15) is 62.4 Å². The van der Waals surface area contributed by atoms with Crippen LogP contribution in [0.3, 0.4) is 0 Å². The van der Waals surface area contributed by atoms with E-state index in [1.807, 2.05) is 97.1 Å². The fourth-order valence-corrected chi connectivity index (χ4v) is 15.6. The fraction of sp³-hybridized carbons (Fsp3) is 0.406. The van der Waals surface area contributed by atoms with Crippen molar-refractivity contribution in [1.29, 1.82) is 0 Å². The highest BCUT2D eigenvalue weighted by atomic mass is 31.2. The van der Waals surface area contributed by atoms with Crippen LogP contribution in [0.2, 0.25) is 0 Å². The Morgan fingerprint density at radius 1 is 0.444 bits per heavy atom. The summed E-state index contributed by atoms with van der Waals surface area (Å²) in [6, 6.07) is 26.8. The highest BCUT2D eigenvalue weighted by molar-refractivity contribution is 7.53. The number of ether oxygens (including phenoxy) is 9. The van der Waals surface area contributed by atoms with Crippen LogP contribution in [-0.2, 0) is 90.7 Å². The summed E-state index contributed by atoms with van der Waals surface area (Å²) in [5, 5.41) is 42.3. The molecule has 48 heteroatoms. The van der Waals surface area contributed by atoms with Crippen LogP contribution in [-0.4, -0.2) is 235 Å². The number of imidazole rings is 3. The lowest BCUT2D eigenvalue weighted by Crippen LogP contribution is -2.32. The van der Waals surface area contributed by atoms with Gasteiger partial charge in [0, 0.05) is 31.6 Å². The van der Waals surface area contributed by atoms with Gasteiger partial charge >= 0.3 is 36.0 Å². The second-order valence-corrected chi connectivity index (χ2v) is 31.7. The van der Waals surface area contributed by atoms with Crippen LogP contribution in [0.5, 0.6) is 0 Å². The molecule has 622 valence electrons. The van der Waals surface area contributed by atoms with Crippen molar-refractivity contribution < 1.29 is 129 Å². The molecule has 3 aromatic carbocycles. The highest BCUT2D eigenvalue weighted by Crippen LogP contribution is 2.49. The predicted molar refractivity (Wildman–Crippen MR) is 396 cm³/mol. The molecule has 6 aromatic heterocycles. The van der Waals surface area contributed by atoms with Crippen molar-refractivity contribution in [3.8, 4) is 0 Å². The fourth-order valence-electron chi connectivity index (χ4n) is 13.2. The third-order valence-corrected chi connectivity index (χ3v) is 21.7. The molecule has 9 aromatic rings. The van der Waals surface area contributed by atoms with E-state index in [1.54, 1.807) is 40.5 Å². The van der Waals surface area contributed by atoms with E-state index in [4.69, 9.17) is 71.5 Å². The van der Waals surface area contributed by atoms with E-state index in [9.17, 15) is 57.1 Å². The van der Waals surface area contributed by atoms with Crippen molar-refractivity contribution in [3.05, 3.63) is 152 Å². The van der Waals surface area contributed by atoms with Gasteiger partial charge in [-0.25, -0.2) is 59.2 Å². The number of hydrogen-bond donors (Lipinski definition) is 9. The molecule has 117 heavy (non-hydrogen) atoms. The number of urea groups is 3. The van der Waals surface area contributed by atoms with Gasteiger partial charge in [0.1, 0.15) is 115 Å². The number of carboxylic acid groups (broad SMARTS) is 3. The lowest BCUT2D eigenvalue weighted by Gasteiger charge is -2.25. The molecule has 6 aliphatic rings. The third kappa shape index (κ3) is 20.7. The number of amides is 6. The van der Waals surface area contributed by atoms with E-state index in [1.165, 1.54) is 38.0 Å². The molecule has 0 saturated carbocycles. The Kier molecular flexibility index (Phi) is 26.9. The largest absolute Gasteiger partial charge is 0.778 e. The van der Waals surface area contributed by atoms with Gasteiger partial charge in [0.25, 0.3) is 0 Å². The van der Waals surface area contributed by atoms with Gasteiger partial charge in [0.2, 0.25) is 0 Å². The minimum Gasteiger partial charge on any atom is -0.778 e. The van der Waals surface area contributed by atoms with E-state index < -0.39 is 190 Å². The first-order chi connectivity index (χ1) is 56.2. The number of nitrogens with one attached hydrogen (secondary N) is 6. The average molecular weight is 1680 g/mol. The lowest BCUT2D eigenvalue weighted by molar-refractivity contribution is -0.205. The van der Waals surface area contributed by atoms with Crippen molar-refractivity contribution in [3.63, 3.8) is 0 Å². The molecular weight excluding hydrogens is 1610 g/mol. The van der Waals surface area contributed by atoms with Crippen molar-refractivity contribution >= 4 is 116 Å². The Balaban J connectivity index is 0.000000152. The molecule has 0 aliphatic carbocycles. The van der Waals surface area contributed by atoms with Crippen LogP contribution in [0.15, 0.2) is 135 Å². The Morgan fingerprint density at radius 2 is 0.786 bits per heavy atom. The predicted octanol–water partition coefficient (Wildman–Crippen LogP) is 3.22. The van der Waals surface area contributed by atoms with E-state index in [0.29, 0.717) is 59.5 Å². The van der Waals surface area contributed by atoms with E-state index in [-0.39, 0.29) is 17.5 Å². The van der Waals surface area contributed by atoms with Crippen molar-refractivity contribution in [2.75, 3.05) is 73.9 Å². The summed E-state index contributed by atoms with van der Waals surface area (Å²) in [5.74, 6) is -4.04. The number of carbonyl (C=O) groups is 6. The van der Waals surface area contributed by atoms with Gasteiger partial charge < -0.3 is 116 Å². The summed E-state index contributed by atoms with van der Waals surface area (Å²) in [5.41, 5.74) is 4.49. The van der Waals surface area contributed by atoms with Crippen LogP contribution in [0.4, 0.5) is 31.8 Å². The number of carbonyl (C=O) groups excluding carboxylic acids is 3. The molecule has 0 bridgehead atoms. The molecule has 15 rings (SSSR count). The van der Waals surface area contributed by atoms with Crippen LogP contribution >= 0.6 is 22.8 Å². The number of carboxylic acids is 3. The second-order valence-electron chi connectivity index (χ2n) is 26.3. The normalized spacial score (nSPS) is 25.8. The quantitative estimate of drug-likeness (QED) is 0.0304. The first-order valence-electron chi connectivity index (χ1n) is 36.1. The molecule has 0 radical (unpaired) electrons. The first kappa shape index (κ1) is 84.3. The zero-order chi connectivity index (χ0) is 82.7. The molecule has 7 unspecified atom stereocenters. The second kappa shape index (κ2) is 37.3. The smallest absolute Gasteiger partial charge is 0.320 e. The number of nitrogens with zero attached hydrogens (tertiary/aromatic N) is 12. The molecule has 6 aliphatic heterocycles. The van der Waals surface area contributed by atoms with Crippen LogP contribution in [0, 0.1) is 0 Å². The number of anilines is 3. The van der Waals surface area contributed by atoms with Gasteiger partial charge in [0.15, 0.2) is 88.5 Å². The third-order valence-electron chi connectivity index (χ3n) is 18.1. The van der Waals surface area contributed by atoms with Gasteiger partial charge in [-0.1, -0.05) is 97.1 Å². The Bertz CT molecular complexity index is 5220. The summed E-state index contributed by atoms with van der Waals surface area (Å²) < 4.78 is 111. The zero-order valence-electron chi connectivity index (χ0n) is 61.9. The van der Waals surface area contributed by atoms with Crippen molar-refractivity contribution in [1.82, 2.24) is 74.5 Å². The minimum atomic E-state index is -4.68. The molecular formula is C69H76N18O27P3-3. The van der Waals surface area contributed by atoms with Gasteiger partial charge in [-0.05, 0) is 38.0 Å². The number of rotatable bonds is 29. The number of aliphatic carboxylic acids is 3. The maximum absolute atomic E-state index is 12.1. The summed E-state index contributed by atoms with van der Waals surface area (Å²) in [6.45, 7) is 5.13. The number of aromatic nitrogens is 12. The topological polar surface area (TPSA) is 597 Å². The van der Waals surface area contributed by atoms with Gasteiger partial charge in [0.05, 0.1) is 38.8 Å². The molecule has 0 spiro atoms. The first-order valence-corrected chi connectivity index (χ1v) is 41.3. The standard InChI is InChI=1S/C24H27N6O9P.C23H27N6O9P.C22H25N6O9P/c1-2-25-24(33)29-21-18-22(27-12-26-21)30(13-28-18)23-20-19(15(37-23)10-36-40(34,35)11-16(31)32)38-17(39-20)9-8-14-6-4-3-5-7-14;1-2-24-23(32)28-20-17-21(26-11-25-20)29(12-27-17)22-19-18(14(36-22)9-35-39(33,34)10-15(30)31)37-16(38-19)8-13-6-4-3-5-7-13;1-2-23-22(31)27-18-15-19(25-10-24-18)28(11-26-15)20-17-16(36-21(37-17)12-6-4-3-5-7-12)13(35-20)8-34-38(32,33)9-14(29)30/h3-9,12-13,15,17,19-20,23H,2,10-11H2,1H3,(H,31,32)(H,34,35)(H2,25,26,27,29,33);3-7,11-12,14,16,18-19,22H,2,8-10H2,1H3,(H,30,31)(H,33,34)(H2,24,25,26,28,32);3-7,10-11,13,16-17,20-21H,2,8-9H2,1H3,(H,29,30)(H,32,33)(H2,23,24,25,27,31)/p-3/b9-8+;;/t15-,17+,19?,20+,23-;14-,16?,18?,19+,22-;13-,16?,17+,20-,21-/m111/s1. The van der Waals surface area contributed by atoms with Crippen molar-refractivity contribution in [2.45, 2.75) is 120 Å². The molecule has 12 heterocycles. The molecule has 18 atom stereocenters. The van der Waals surface area contributed by atoms with E-state index >= 15 is 0 Å². The lowest BCUT2D eigenvalue weighted by atomic mass is 10.1. The minimum absolute atomic E-state index is 0.178. The summed E-state index contributed by atoms with van der Waals surface area (Å²) in [4.78, 5) is 143. The molecule has 6 saturated heterocycles. The Labute approximate surface area is 661 Å². The highest BCUT2D eigenvalue weighted by Gasteiger charge is 2.57. The summed E-state index contributed by atoms with van der Waals surface area (Å²) in [6.07, 6.45) is -3.45. The number of fused-ring (bicyclic) bond motifs is 6. The maximum Gasteiger partial charge on any atom is 0.320 e. The SMILES string of the molecule is CCNC(=O)Nc1ncnc2c1ncn2[C@@H]1O[C@H](COP(=O)([O-])CC(=O)O)C2OC(Cc3ccccc3)O[C@@H]21.CCNC(=O)Nc1ncnc2c1ncn2[C@@H]1O[C@H](COP(=O)([O-])CC(=O)O)C2O[C@@H](c3ccccc3)O[C@@H]21.CCNC(=O)Nc1ncnc2c1ncn2[C@@H]1O[C@H](COP(=O)([O-])CC(=O)O)C2O[C@H](/C=C/c3ccccc3)O[C@@H]21. The monoisotopic (exact) mass is 1680 g/mol. The van der Waals surface area contributed by atoms with Crippen LogP contribution < -0.4 is 46.6 Å². The zero-order valence-corrected chi connectivity index (χ0v) is 64.5.